The molecule has 8 nitrogen and oxygen atoms in total. The van der Waals surface area contributed by atoms with Crippen molar-refractivity contribution in [2.75, 3.05) is 25.0 Å². The summed E-state index contributed by atoms with van der Waals surface area (Å²) in [5.74, 6) is -9.34. The van der Waals surface area contributed by atoms with Crippen LogP contribution < -0.4 is 9.47 Å². The fourth-order valence-corrected chi connectivity index (χ4v) is 6.37. The van der Waals surface area contributed by atoms with Gasteiger partial charge in [-0.3, -0.25) is 19.2 Å². The molecule has 2 N–H and O–H groups in total. The van der Waals surface area contributed by atoms with Crippen LogP contribution in [0.1, 0.15) is 23.0 Å². The minimum Gasteiger partial charge on any atom is -0.492 e. The molecule has 0 aliphatic heterocycles. The molecule has 0 aromatic heterocycles. The fourth-order valence-electron chi connectivity index (χ4n) is 5.80. The lowest BCUT2D eigenvalue weighted by atomic mass is 9.84. The summed E-state index contributed by atoms with van der Waals surface area (Å²) in [5.41, 5.74) is 4.68. The summed E-state index contributed by atoms with van der Waals surface area (Å²) in [6.07, 6.45) is 0. The average Bonchev–Trinajstić information content (AvgIpc) is 3.16. The number of rotatable bonds is 18. The number of carbonyl (C=O) groups is 4. The molecule has 0 bridgehead atoms. The standard InChI is InChI=1S/C42H36Cl2O8/c43-23-35(41(47)48)39(45)37(25-51-33-18-14-29(15-19-33)27-8-3-1-4-9-27)31-12-7-13-32(22-31)38(40(46)36(24-44)42(49)50)26-52-34-20-16-30(17-21-34)28-10-5-2-6-11-28/h1-22,35-38H,23-26H2,(H,47,48)(H,49,50). The number of benzene rings is 5. The van der Waals surface area contributed by atoms with Gasteiger partial charge in [0, 0.05) is 11.8 Å². The second kappa shape index (κ2) is 18.2. The van der Waals surface area contributed by atoms with E-state index in [1.54, 1.807) is 48.5 Å². The molecular formula is C42H36Cl2O8. The molecule has 4 unspecified atom stereocenters. The molecule has 0 spiro atoms. The van der Waals surface area contributed by atoms with Gasteiger partial charge in [0.1, 0.15) is 36.5 Å². The molecule has 10 heteroatoms. The van der Waals surface area contributed by atoms with Gasteiger partial charge >= 0.3 is 11.9 Å². The smallest absolute Gasteiger partial charge is 0.315 e. The maximum Gasteiger partial charge on any atom is 0.315 e. The predicted octanol–water partition coefficient (Wildman–Crippen LogP) is 8.36. The van der Waals surface area contributed by atoms with Crippen molar-refractivity contribution in [2.45, 2.75) is 11.8 Å². The third kappa shape index (κ3) is 9.46. The minimum atomic E-state index is -1.52. The lowest BCUT2D eigenvalue weighted by molar-refractivity contribution is -0.147. The molecule has 0 aliphatic carbocycles. The first-order chi connectivity index (χ1) is 25.2. The van der Waals surface area contributed by atoms with Crippen molar-refractivity contribution in [1.29, 1.82) is 0 Å². The van der Waals surface area contributed by atoms with Crippen molar-refractivity contribution in [3.8, 4) is 33.8 Å². The van der Waals surface area contributed by atoms with Crippen molar-refractivity contribution in [3.63, 3.8) is 0 Å². The number of Topliss-reactive ketones (excluding diaryl/α,β-unsaturated/α-hetero) is 2. The molecule has 0 heterocycles. The number of aliphatic carboxylic acids is 2. The van der Waals surface area contributed by atoms with Crippen LogP contribution in [-0.2, 0) is 19.2 Å². The van der Waals surface area contributed by atoms with Crippen LogP contribution in [0.4, 0.5) is 0 Å². The number of carbonyl (C=O) groups excluding carboxylic acids is 2. The molecule has 0 amide bonds. The van der Waals surface area contributed by atoms with E-state index in [4.69, 9.17) is 32.7 Å². The molecule has 5 aromatic carbocycles. The van der Waals surface area contributed by atoms with Gasteiger partial charge in [-0.15, -0.1) is 23.2 Å². The Hall–Kier alpha value is -5.44. The van der Waals surface area contributed by atoms with Gasteiger partial charge in [0.2, 0.25) is 0 Å². The highest BCUT2D eigenvalue weighted by Crippen LogP contribution is 2.31. The van der Waals surface area contributed by atoms with Crippen molar-refractivity contribution in [2.24, 2.45) is 11.8 Å². The van der Waals surface area contributed by atoms with Gasteiger partial charge in [-0.25, -0.2) is 0 Å². The number of ketones is 2. The number of hydrogen-bond acceptors (Lipinski definition) is 6. The zero-order valence-electron chi connectivity index (χ0n) is 27.9. The SMILES string of the molecule is O=C(O)C(CCl)C(=O)C(COc1ccc(-c2ccccc2)cc1)c1cccc(C(COc2ccc(-c3ccccc3)cc2)C(=O)C(CCl)C(=O)O)c1. The van der Waals surface area contributed by atoms with Gasteiger partial charge < -0.3 is 19.7 Å². The first-order valence-electron chi connectivity index (χ1n) is 16.5. The quantitative estimate of drug-likeness (QED) is 0.0678. The van der Waals surface area contributed by atoms with Gasteiger partial charge in [-0.05, 0) is 57.6 Å². The Morgan fingerprint density at radius 1 is 0.481 bits per heavy atom. The number of hydrogen-bond donors (Lipinski definition) is 2. The Kier molecular flexibility index (Phi) is 13.2. The summed E-state index contributed by atoms with van der Waals surface area (Å²) < 4.78 is 12.1. The van der Waals surface area contributed by atoms with Crippen LogP contribution >= 0.6 is 23.2 Å². The molecule has 0 saturated heterocycles. The lowest BCUT2D eigenvalue weighted by Crippen LogP contribution is -2.34. The van der Waals surface area contributed by atoms with E-state index in [2.05, 4.69) is 0 Å². The Morgan fingerprint density at radius 2 is 0.827 bits per heavy atom. The van der Waals surface area contributed by atoms with E-state index >= 15 is 0 Å². The van der Waals surface area contributed by atoms with Crippen molar-refractivity contribution in [1.82, 2.24) is 0 Å². The normalized spacial score (nSPS) is 13.3. The monoisotopic (exact) mass is 738 g/mol. The van der Waals surface area contributed by atoms with Gasteiger partial charge in [-0.1, -0.05) is 109 Å². The van der Waals surface area contributed by atoms with E-state index in [9.17, 15) is 29.4 Å². The van der Waals surface area contributed by atoms with E-state index in [-0.39, 0.29) is 13.2 Å². The first-order valence-corrected chi connectivity index (χ1v) is 17.6. The minimum absolute atomic E-state index is 0.226. The maximum absolute atomic E-state index is 13.7. The Bertz CT molecular complexity index is 1830. The summed E-state index contributed by atoms with van der Waals surface area (Å²) in [4.78, 5) is 51.6. The van der Waals surface area contributed by atoms with Crippen molar-refractivity contribution in [3.05, 3.63) is 145 Å². The van der Waals surface area contributed by atoms with Crippen LogP contribution in [0.3, 0.4) is 0 Å². The molecule has 0 aliphatic rings. The van der Waals surface area contributed by atoms with Crippen LogP contribution in [0, 0.1) is 11.8 Å². The number of alkyl halides is 2. The fraction of sp³-hybridized carbons (Fsp3) is 0.190. The first kappa shape index (κ1) is 37.8. The average molecular weight is 740 g/mol. The highest BCUT2D eigenvalue weighted by Gasteiger charge is 2.36. The van der Waals surface area contributed by atoms with Gasteiger partial charge in [-0.2, -0.15) is 0 Å². The van der Waals surface area contributed by atoms with E-state index < -0.39 is 58.9 Å². The maximum atomic E-state index is 13.7. The van der Waals surface area contributed by atoms with E-state index in [0.29, 0.717) is 22.6 Å². The molecule has 5 aromatic rings. The number of ether oxygens (including phenoxy) is 2. The lowest BCUT2D eigenvalue weighted by Gasteiger charge is -2.23. The Morgan fingerprint density at radius 3 is 1.15 bits per heavy atom. The molecule has 266 valence electrons. The highest BCUT2D eigenvalue weighted by atomic mass is 35.5. The second-order valence-corrected chi connectivity index (χ2v) is 12.7. The zero-order valence-corrected chi connectivity index (χ0v) is 29.5. The topological polar surface area (TPSA) is 127 Å². The van der Waals surface area contributed by atoms with E-state index in [0.717, 1.165) is 22.3 Å². The molecule has 52 heavy (non-hydrogen) atoms. The third-order valence-electron chi connectivity index (χ3n) is 8.75. The van der Waals surface area contributed by atoms with E-state index in [1.165, 1.54) is 0 Å². The van der Waals surface area contributed by atoms with Gasteiger partial charge in [0.25, 0.3) is 0 Å². The van der Waals surface area contributed by atoms with Crippen LogP contribution in [0.5, 0.6) is 11.5 Å². The van der Waals surface area contributed by atoms with Crippen molar-refractivity contribution >= 4 is 46.7 Å². The highest BCUT2D eigenvalue weighted by molar-refractivity contribution is 6.22. The van der Waals surface area contributed by atoms with Gasteiger partial charge in [0.15, 0.2) is 11.6 Å². The zero-order chi connectivity index (χ0) is 37.0. The number of halogens is 2. The molecule has 4 atom stereocenters. The molecule has 0 saturated carbocycles. The Balaban J connectivity index is 1.43. The summed E-state index contributed by atoms with van der Waals surface area (Å²) in [6.45, 7) is -0.452. The van der Waals surface area contributed by atoms with Crippen LogP contribution in [0.25, 0.3) is 22.3 Å². The van der Waals surface area contributed by atoms with Gasteiger partial charge in [0.05, 0.1) is 11.8 Å². The largest absolute Gasteiger partial charge is 0.492 e. The van der Waals surface area contributed by atoms with Crippen molar-refractivity contribution < 1.29 is 38.9 Å². The molecule has 0 radical (unpaired) electrons. The van der Waals surface area contributed by atoms with Crippen LogP contribution in [0.2, 0.25) is 0 Å². The summed E-state index contributed by atoms with van der Waals surface area (Å²) in [7, 11) is 0. The summed E-state index contributed by atoms with van der Waals surface area (Å²) in [6, 6.07) is 40.5. The summed E-state index contributed by atoms with van der Waals surface area (Å²) in [5, 5.41) is 19.6. The molecule has 5 rings (SSSR count). The second-order valence-electron chi connectivity index (χ2n) is 12.1. The van der Waals surface area contributed by atoms with E-state index in [1.807, 2.05) is 84.9 Å². The Labute approximate surface area is 311 Å². The third-order valence-corrected chi connectivity index (χ3v) is 9.37. The summed E-state index contributed by atoms with van der Waals surface area (Å²) >= 11 is 11.9. The van der Waals surface area contributed by atoms with Crippen LogP contribution in [-0.4, -0.2) is 58.7 Å². The molecule has 0 fully saturated rings. The predicted molar refractivity (Wildman–Crippen MR) is 200 cm³/mol. The number of carboxylic acid groups (broad SMARTS) is 2. The number of carboxylic acids is 2. The molecular weight excluding hydrogens is 703 g/mol. The van der Waals surface area contributed by atoms with Crippen LogP contribution in [0.15, 0.2) is 133 Å².